The number of carbonyl (C=O) groups is 2. The van der Waals surface area contributed by atoms with Gasteiger partial charge < -0.3 is 19.9 Å². The van der Waals surface area contributed by atoms with Gasteiger partial charge in [0.1, 0.15) is 0 Å². The van der Waals surface area contributed by atoms with Gasteiger partial charge >= 0.3 is 6.03 Å². The smallest absolute Gasteiger partial charge is 0.317 e. The van der Waals surface area contributed by atoms with Gasteiger partial charge in [-0.1, -0.05) is 12.1 Å². The summed E-state index contributed by atoms with van der Waals surface area (Å²) < 4.78 is 5.38. The van der Waals surface area contributed by atoms with Gasteiger partial charge in [0.2, 0.25) is 0 Å². The zero-order chi connectivity index (χ0) is 18.4. The molecule has 2 saturated heterocycles. The van der Waals surface area contributed by atoms with Crippen LogP contribution in [0.15, 0.2) is 24.3 Å². The third-order valence-corrected chi connectivity index (χ3v) is 4.87. The Morgan fingerprint density at radius 3 is 2.42 bits per heavy atom. The van der Waals surface area contributed by atoms with Crippen molar-refractivity contribution in [1.82, 2.24) is 20.0 Å². The third kappa shape index (κ3) is 4.74. The number of urea groups is 1. The molecule has 2 aliphatic rings. The minimum absolute atomic E-state index is 0.0457. The monoisotopic (exact) mass is 360 g/mol. The molecule has 7 heteroatoms. The second kappa shape index (κ2) is 9.00. The van der Waals surface area contributed by atoms with Gasteiger partial charge in [0, 0.05) is 57.9 Å². The topological polar surface area (TPSA) is 65.1 Å². The van der Waals surface area contributed by atoms with Crippen LogP contribution in [0.4, 0.5) is 4.79 Å². The molecule has 0 aliphatic carbocycles. The molecule has 3 rings (SSSR count). The fourth-order valence-corrected chi connectivity index (χ4v) is 3.38. The van der Waals surface area contributed by atoms with Crippen molar-refractivity contribution in [2.24, 2.45) is 0 Å². The maximum absolute atomic E-state index is 12.8. The first-order valence-electron chi connectivity index (χ1n) is 9.38. The van der Waals surface area contributed by atoms with Crippen LogP contribution in [0.1, 0.15) is 22.8 Å². The van der Waals surface area contributed by atoms with E-state index in [4.69, 9.17) is 4.74 Å². The van der Waals surface area contributed by atoms with E-state index in [1.807, 2.05) is 30.0 Å². The van der Waals surface area contributed by atoms with Crippen molar-refractivity contribution in [2.45, 2.75) is 13.5 Å². The highest BCUT2D eigenvalue weighted by Crippen LogP contribution is 2.13. The van der Waals surface area contributed by atoms with Crippen molar-refractivity contribution < 1.29 is 14.3 Å². The second-order valence-corrected chi connectivity index (χ2v) is 6.70. The molecule has 0 radical (unpaired) electrons. The molecule has 0 bridgehead atoms. The van der Waals surface area contributed by atoms with E-state index in [1.165, 1.54) is 0 Å². The lowest BCUT2D eigenvalue weighted by atomic mass is 10.1. The Hall–Kier alpha value is -2.12. The number of benzene rings is 1. The predicted octanol–water partition coefficient (Wildman–Crippen LogP) is 1.01. The van der Waals surface area contributed by atoms with Crippen LogP contribution in [0.2, 0.25) is 0 Å². The quantitative estimate of drug-likeness (QED) is 0.870. The highest BCUT2D eigenvalue weighted by molar-refractivity contribution is 5.94. The van der Waals surface area contributed by atoms with Crippen LogP contribution in [-0.4, -0.2) is 85.7 Å². The largest absolute Gasteiger partial charge is 0.379 e. The van der Waals surface area contributed by atoms with Crippen LogP contribution in [0.3, 0.4) is 0 Å². The summed E-state index contributed by atoms with van der Waals surface area (Å²) in [5.41, 5.74) is 1.88. The van der Waals surface area contributed by atoms with Crippen LogP contribution in [0.5, 0.6) is 0 Å². The molecule has 0 aromatic heterocycles. The van der Waals surface area contributed by atoms with Gasteiger partial charge in [0.15, 0.2) is 0 Å². The summed E-state index contributed by atoms with van der Waals surface area (Å²) in [6.07, 6.45) is 0. The predicted molar refractivity (Wildman–Crippen MR) is 99.1 cm³/mol. The molecular formula is C19H28N4O3. The molecular weight excluding hydrogens is 332 g/mol. The van der Waals surface area contributed by atoms with Crippen LogP contribution in [-0.2, 0) is 11.3 Å². The molecule has 2 aliphatic heterocycles. The molecule has 0 atom stereocenters. The number of hydrogen-bond donors (Lipinski definition) is 1. The minimum atomic E-state index is -0.0490. The Morgan fingerprint density at radius 2 is 1.73 bits per heavy atom. The van der Waals surface area contributed by atoms with Gasteiger partial charge in [-0.2, -0.15) is 0 Å². The van der Waals surface area contributed by atoms with Crippen LogP contribution < -0.4 is 5.32 Å². The van der Waals surface area contributed by atoms with Crippen molar-refractivity contribution >= 4 is 11.9 Å². The Labute approximate surface area is 154 Å². The first-order chi connectivity index (χ1) is 12.7. The summed E-state index contributed by atoms with van der Waals surface area (Å²) in [7, 11) is 0. The van der Waals surface area contributed by atoms with Crippen molar-refractivity contribution in [3.05, 3.63) is 35.4 Å². The number of morpholine rings is 1. The standard InChI is InChI=1S/C19H28N4O3/c1-2-20-19(25)23-8-6-22(7-9-23)18(24)17-5-3-4-16(14-17)15-21-10-12-26-13-11-21/h3-5,14H,2,6-13,15H2,1H3,(H,20,25). The molecule has 0 unspecified atom stereocenters. The fourth-order valence-electron chi connectivity index (χ4n) is 3.38. The van der Waals surface area contributed by atoms with Crippen molar-refractivity contribution in [2.75, 3.05) is 59.0 Å². The molecule has 0 saturated carbocycles. The Balaban J connectivity index is 1.56. The highest BCUT2D eigenvalue weighted by Gasteiger charge is 2.24. The van der Waals surface area contributed by atoms with E-state index in [0.717, 1.165) is 44.0 Å². The molecule has 7 nitrogen and oxygen atoms in total. The number of carbonyl (C=O) groups excluding carboxylic acids is 2. The normalized spacial score (nSPS) is 18.7. The lowest BCUT2D eigenvalue weighted by Gasteiger charge is -2.34. The van der Waals surface area contributed by atoms with Gasteiger partial charge in [0.25, 0.3) is 5.91 Å². The van der Waals surface area contributed by atoms with E-state index in [2.05, 4.69) is 16.3 Å². The number of hydrogen-bond acceptors (Lipinski definition) is 4. The van der Waals surface area contributed by atoms with Crippen LogP contribution in [0, 0.1) is 0 Å². The summed E-state index contributed by atoms with van der Waals surface area (Å²) in [5, 5.41) is 2.81. The lowest BCUT2D eigenvalue weighted by molar-refractivity contribution is 0.0341. The zero-order valence-corrected chi connectivity index (χ0v) is 15.4. The Morgan fingerprint density at radius 1 is 1.04 bits per heavy atom. The fraction of sp³-hybridized carbons (Fsp3) is 0.579. The minimum Gasteiger partial charge on any atom is -0.379 e. The Bertz CT molecular complexity index is 623. The number of nitrogens with one attached hydrogen (secondary N) is 1. The number of rotatable bonds is 4. The van der Waals surface area contributed by atoms with Gasteiger partial charge in [-0.25, -0.2) is 4.79 Å². The molecule has 1 aromatic rings. The second-order valence-electron chi connectivity index (χ2n) is 6.70. The van der Waals surface area contributed by atoms with Gasteiger partial charge in [0.05, 0.1) is 13.2 Å². The molecule has 3 amide bonds. The van der Waals surface area contributed by atoms with E-state index in [0.29, 0.717) is 32.7 Å². The van der Waals surface area contributed by atoms with E-state index < -0.39 is 0 Å². The molecule has 2 fully saturated rings. The maximum atomic E-state index is 12.8. The average Bonchev–Trinajstić information content (AvgIpc) is 2.69. The Kier molecular flexibility index (Phi) is 6.46. The summed E-state index contributed by atoms with van der Waals surface area (Å²) in [6.45, 7) is 9.07. The number of amides is 3. The number of ether oxygens (including phenoxy) is 1. The van der Waals surface area contributed by atoms with E-state index in [1.54, 1.807) is 4.90 Å². The summed E-state index contributed by atoms with van der Waals surface area (Å²) in [4.78, 5) is 30.6. The SMILES string of the molecule is CCNC(=O)N1CCN(C(=O)c2cccc(CN3CCOCC3)c2)CC1. The summed E-state index contributed by atoms with van der Waals surface area (Å²) >= 11 is 0. The maximum Gasteiger partial charge on any atom is 0.317 e. The average molecular weight is 360 g/mol. The number of nitrogens with zero attached hydrogens (tertiary/aromatic N) is 3. The zero-order valence-electron chi connectivity index (χ0n) is 15.4. The lowest BCUT2D eigenvalue weighted by Crippen LogP contribution is -2.53. The van der Waals surface area contributed by atoms with E-state index in [-0.39, 0.29) is 11.9 Å². The van der Waals surface area contributed by atoms with Gasteiger partial charge in [-0.3, -0.25) is 9.69 Å². The first-order valence-corrected chi connectivity index (χ1v) is 9.38. The van der Waals surface area contributed by atoms with Crippen molar-refractivity contribution in [3.8, 4) is 0 Å². The molecule has 1 aromatic carbocycles. The molecule has 26 heavy (non-hydrogen) atoms. The van der Waals surface area contributed by atoms with Crippen molar-refractivity contribution in [1.29, 1.82) is 0 Å². The molecule has 2 heterocycles. The van der Waals surface area contributed by atoms with E-state index in [9.17, 15) is 9.59 Å². The molecule has 1 N–H and O–H groups in total. The summed E-state index contributed by atoms with van der Waals surface area (Å²) in [6, 6.07) is 7.84. The van der Waals surface area contributed by atoms with Gasteiger partial charge in [-0.05, 0) is 24.6 Å². The summed E-state index contributed by atoms with van der Waals surface area (Å²) in [5.74, 6) is 0.0457. The van der Waals surface area contributed by atoms with Crippen molar-refractivity contribution in [3.63, 3.8) is 0 Å². The molecule has 0 spiro atoms. The van der Waals surface area contributed by atoms with Crippen LogP contribution in [0.25, 0.3) is 0 Å². The van der Waals surface area contributed by atoms with E-state index >= 15 is 0 Å². The number of piperazine rings is 1. The third-order valence-electron chi connectivity index (χ3n) is 4.87. The molecule has 142 valence electrons. The van der Waals surface area contributed by atoms with Crippen LogP contribution >= 0.6 is 0 Å². The van der Waals surface area contributed by atoms with Gasteiger partial charge in [-0.15, -0.1) is 0 Å². The first kappa shape index (κ1) is 18.7. The highest BCUT2D eigenvalue weighted by atomic mass is 16.5.